The van der Waals surface area contributed by atoms with Crippen molar-refractivity contribution in [3.8, 4) is 0 Å². The number of amides is 4. The lowest BCUT2D eigenvalue weighted by atomic mass is 10.0. The molecule has 1 atom stereocenters. The Morgan fingerprint density at radius 2 is 1.61 bits per heavy atom. The summed E-state index contributed by atoms with van der Waals surface area (Å²) < 4.78 is 0. The summed E-state index contributed by atoms with van der Waals surface area (Å²) in [5, 5.41) is 24.3. The van der Waals surface area contributed by atoms with Gasteiger partial charge in [-0.2, -0.15) is 20.3 Å². The molecule has 4 amide bonds. The maximum absolute atomic E-state index is 13.5. The summed E-state index contributed by atoms with van der Waals surface area (Å²) in [6.07, 6.45) is 1.83. The maximum Gasteiger partial charge on any atom is 0.282 e. The topological polar surface area (TPSA) is 155 Å². The molecule has 0 aromatic heterocycles. The number of non-ortho nitro benzene ring substituents is 1. The van der Waals surface area contributed by atoms with Crippen molar-refractivity contribution in [3.63, 3.8) is 0 Å². The largest absolute Gasteiger partial charge is 0.282 e. The fraction of sp³-hybridized carbons (Fsp3) is 0.0606. The second kappa shape index (κ2) is 14.1. The summed E-state index contributed by atoms with van der Waals surface area (Å²) in [5.41, 5.74) is 1.30. The Labute approximate surface area is 267 Å². The third-order valence-electron chi connectivity index (χ3n) is 6.62. The minimum Gasteiger partial charge on any atom is -0.273 e. The second-order valence-electron chi connectivity index (χ2n) is 9.75. The van der Waals surface area contributed by atoms with Crippen LogP contribution in [0.2, 0.25) is 5.02 Å². The normalized spacial score (nSPS) is 14.5. The Bertz CT molecular complexity index is 1890. The first-order chi connectivity index (χ1) is 22.2. The number of hydrazone groups is 1. The van der Waals surface area contributed by atoms with E-state index in [1.54, 1.807) is 54.6 Å². The zero-order valence-corrected chi connectivity index (χ0v) is 24.6. The number of nitro groups is 1. The number of hydrogen-bond acceptors (Lipinski definition) is 9. The fourth-order valence-corrected chi connectivity index (χ4v) is 4.54. The van der Waals surface area contributed by atoms with Gasteiger partial charge in [-0.05, 0) is 42.0 Å². The highest BCUT2D eigenvalue weighted by molar-refractivity contribution is 6.31. The minimum atomic E-state index is -1.39. The van der Waals surface area contributed by atoms with Gasteiger partial charge in [0.05, 0.1) is 16.3 Å². The predicted molar refractivity (Wildman–Crippen MR) is 170 cm³/mol. The summed E-state index contributed by atoms with van der Waals surface area (Å²) in [5.74, 6) is -3.54. The molecule has 12 nitrogen and oxygen atoms in total. The van der Waals surface area contributed by atoms with Gasteiger partial charge in [-0.15, -0.1) is 0 Å². The zero-order valence-electron chi connectivity index (χ0n) is 23.8. The molecule has 0 fully saturated rings. The molecule has 13 heteroatoms. The molecule has 0 bridgehead atoms. The molecule has 4 aromatic rings. The highest BCUT2D eigenvalue weighted by Crippen LogP contribution is 2.25. The van der Waals surface area contributed by atoms with Gasteiger partial charge in [-0.1, -0.05) is 78.3 Å². The van der Waals surface area contributed by atoms with Crippen molar-refractivity contribution in [2.75, 3.05) is 4.90 Å². The van der Waals surface area contributed by atoms with Crippen molar-refractivity contribution in [2.24, 2.45) is 15.3 Å². The van der Waals surface area contributed by atoms with E-state index in [4.69, 9.17) is 11.6 Å². The van der Waals surface area contributed by atoms with E-state index in [-0.39, 0.29) is 22.8 Å². The van der Waals surface area contributed by atoms with E-state index in [0.717, 1.165) is 4.90 Å². The van der Waals surface area contributed by atoms with E-state index < -0.39 is 41.0 Å². The molecular weight excluding hydrogens is 612 g/mol. The van der Waals surface area contributed by atoms with Crippen LogP contribution in [-0.2, 0) is 19.2 Å². The van der Waals surface area contributed by atoms with Crippen LogP contribution in [0, 0.1) is 10.1 Å². The molecule has 0 N–H and O–H groups in total. The van der Waals surface area contributed by atoms with Crippen LogP contribution >= 0.6 is 11.6 Å². The minimum absolute atomic E-state index is 0.0806. The molecule has 0 saturated carbocycles. The molecule has 1 unspecified atom stereocenters. The Kier molecular flexibility index (Phi) is 9.59. The lowest BCUT2D eigenvalue weighted by molar-refractivity contribution is -0.384. The third kappa shape index (κ3) is 7.31. The predicted octanol–water partition coefficient (Wildman–Crippen LogP) is 6.14. The number of halogens is 1. The van der Waals surface area contributed by atoms with E-state index in [0.29, 0.717) is 21.2 Å². The average Bonchev–Trinajstić information content (AvgIpc) is 3.40. The third-order valence-corrected chi connectivity index (χ3v) is 6.87. The summed E-state index contributed by atoms with van der Waals surface area (Å²) in [6.45, 7) is 0. The van der Waals surface area contributed by atoms with Crippen molar-refractivity contribution in [2.45, 2.75) is 12.5 Å². The van der Waals surface area contributed by atoms with Gasteiger partial charge in [0.2, 0.25) is 5.91 Å². The van der Waals surface area contributed by atoms with Gasteiger partial charge in [0, 0.05) is 28.8 Å². The molecule has 0 aliphatic carbocycles. The highest BCUT2D eigenvalue weighted by Gasteiger charge is 2.41. The van der Waals surface area contributed by atoms with Crippen LogP contribution in [0.1, 0.15) is 17.5 Å². The van der Waals surface area contributed by atoms with Crippen LogP contribution in [0.4, 0.5) is 17.1 Å². The molecule has 0 spiro atoms. The molecule has 228 valence electrons. The SMILES string of the molecule is O=C(CC(=O)N(C(=O)/C=C\c1ccccc1)c1ccc(Cl)cc1)N1N=C(c2ccccc2)C(N=Nc2cccc([N+](=O)[O-])c2)C1=O. The van der Waals surface area contributed by atoms with Crippen molar-refractivity contribution >= 4 is 64.1 Å². The summed E-state index contributed by atoms with van der Waals surface area (Å²) in [4.78, 5) is 65.1. The number of nitro benzene ring substituents is 1. The van der Waals surface area contributed by atoms with Gasteiger partial charge < -0.3 is 0 Å². The van der Waals surface area contributed by atoms with Gasteiger partial charge in [-0.25, -0.2) is 4.90 Å². The molecule has 0 radical (unpaired) electrons. The highest BCUT2D eigenvalue weighted by atomic mass is 35.5. The molecule has 5 rings (SSSR count). The van der Waals surface area contributed by atoms with Crippen LogP contribution in [0.25, 0.3) is 6.08 Å². The van der Waals surface area contributed by atoms with E-state index in [9.17, 15) is 29.3 Å². The Balaban J connectivity index is 1.41. The molecule has 1 aliphatic heterocycles. The van der Waals surface area contributed by atoms with Gasteiger partial charge >= 0.3 is 0 Å². The number of nitrogens with zero attached hydrogens (tertiary/aromatic N) is 6. The van der Waals surface area contributed by atoms with Crippen LogP contribution in [0.5, 0.6) is 0 Å². The molecule has 0 saturated heterocycles. The maximum atomic E-state index is 13.5. The lowest BCUT2D eigenvalue weighted by Crippen LogP contribution is -2.41. The first-order valence-corrected chi connectivity index (χ1v) is 14.1. The second-order valence-corrected chi connectivity index (χ2v) is 10.2. The molecular formula is C33H23ClN6O6. The Hall–Kier alpha value is -6.14. The summed E-state index contributed by atoms with van der Waals surface area (Å²) in [6, 6.07) is 27.2. The number of hydrogen-bond donors (Lipinski definition) is 0. The molecule has 1 aliphatic rings. The van der Waals surface area contributed by atoms with Gasteiger partial charge in [0.25, 0.3) is 23.4 Å². The number of benzene rings is 4. The smallest absolute Gasteiger partial charge is 0.273 e. The number of rotatable bonds is 9. The monoisotopic (exact) mass is 634 g/mol. The number of carbonyl (C=O) groups excluding carboxylic acids is 4. The van der Waals surface area contributed by atoms with Gasteiger partial charge in [0.15, 0.2) is 6.04 Å². The molecule has 46 heavy (non-hydrogen) atoms. The van der Waals surface area contributed by atoms with Gasteiger partial charge in [-0.3, -0.25) is 29.3 Å². The van der Waals surface area contributed by atoms with Crippen molar-refractivity contribution < 1.29 is 24.1 Å². The van der Waals surface area contributed by atoms with Crippen LogP contribution in [-0.4, -0.2) is 45.3 Å². The zero-order chi connectivity index (χ0) is 32.6. The van der Waals surface area contributed by atoms with E-state index >= 15 is 0 Å². The first kappa shape index (κ1) is 31.3. The van der Waals surface area contributed by atoms with Crippen molar-refractivity contribution in [1.29, 1.82) is 0 Å². The molecule has 4 aromatic carbocycles. The average molecular weight is 635 g/mol. The van der Waals surface area contributed by atoms with E-state index in [1.165, 1.54) is 60.7 Å². The quantitative estimate of drug-likeness (QED) is 0.0708. The van der Waals surface area contributed by atoms with E-state index in [1.807, 2.05) is 6.07 Å². The van der Waals surface area contributed by atoms with Crippen molar-refractivity contribution in [3.05, 3.63) is 142 Å². The van der Waals surface area contributed by atoms with Crippen LogP contribution in [0.3, 0.4) is 0 Å². The number of azo groups is 1. The molecule has 1 heterocycles. The fourth-order valence-electron chi connectivity index (χ4n) is 4.42. The Morgan fingerprint density at radius 3 is 2.28 bits per heavy atom. The lowest BCUT2D eigenvalue weighted by Gasteiger charge is -2.20. The van der Waals surface area contributed by atoms with Crippen LogP contribution < -0.4 is 4.90 Å². The summed E-state index contributed by atoms with van der Waals surface area (Å²) in [7, 11) is 0. The first-order valence-electron chi connectivity index (χ1n) is 13.7. The standard InChI is InChI=1S/C33H23ClN6O6/c34-24-15-17-26(18-16-24)38(28(41)19-14-22-8-3-1-4-9-22)29(42)21-30(43)39-33(44)32(31(37-39)23-10-5-2-6-11-23)36-35-25-12-7-13-27(20-25)40(45)46/h1-20,32H,21H2/b19-14-,36-35?. The number of imide groups is 2. The number of anilines is 1. The van der Waals surface area contributed by atoms with E-state index in [2.05, 4.69) is 15.3 Å². The van der Waals surface area contributed by atoms with Crippen molar-refractivity contribution in [1.82, 2.24) is 5.01 Å². The van der Waals surface area contributed by atoms with Gasteiger partial charge in [0.1, 0.15) is 12.1 Å². The Morgan fingerprint density at radius 1 is 0.935 bits per heavy atom. The summed E-state index contributed by atoms with van der Waals surface area (Å²) >= 11 is 6.01. The number of carbonyl (C=O) groups is 4. The van der Waals surface area contributed by atoms with Crippen LogP contribution in [0.15, 0.2) is 131 Å².